The maximum Gasteiger partial charge on any atom is 0.277 e. The van der Waals surface area contributed by atoms with Crippen molar-refractivity contribution < 1.29 is 13.6 Å². The number of hydrogen-bond acceptors (Lipinski definition) is 4. The van der Waals surface area contributed by atoms with Crippen LogP contribution in [0.5, 0.6) is 0 Å². The Hall–Kier alpha value is -1.77. The van der Waals surface area contributed by atoms with Crippen LogP contribution in [-0.2, 0) is 0 Å². The third-order valence-corrected chi connectivity index (χ3v) is 3.04. The van der Waals surface area contributed by atoms with Gasteiger partial charge in [-0.1, -0.05) is 0 Å². The van der Waals surface area contributed by atoms with E-state index in [0.717, 1.165) is 11.4 Å². The van der Waals surface area contributed by atoms with Crippen molar-refractivity contribution in [3.8, 4) is 5.82 Å². The number of rotatable bonds is 5. The summed E-state index contributed by atoms with van der Waals surface area (Å²) in [6.45, 7) is 2.13. The number of aromatic nitrogens is 3. The molecule has 0 saturated carbocycles. The number of alkyl halides is 2. The van der Waals surface area contributed by atoms with E-state index in [1.165, 1.54) is 12.3 Å². The fourth-order valence-electron chi connectivity index (χ4n) is 1.89. The van der Waals surface area contributed by atoms with Crippen molar-refractivity contribution in [3.63, 3.8) is 0 Å². The van der Waals surface area contributed by atoms with Crippen LogP contribution < -0.4 is 11.1 Å². The van der Waals surface area contributed by atoms with Gasteiger partial charge in [0.1, 0.15) is 0 Å². The highest BCUT2D eigenvalue weighted by molar-refractivity contribution is 5.93. The number of carbonyl (C=O) groups is 1. The molecule has 0 spiro atoms. The van der Waals surface area contributed by atoms with E-state index in [-0.39, 0.29) is 30.4 Å². The predicted molar refractivity (Wildman–Crippen MR) is 91.7 cm³/mol. The van der Waals surface area contributed by atoms with Crippen molar-refractivity contribution in [1.29, 1.82) is 0 Å². The average Bonchev–Trinajstić information content (AvgIpc) is 2.84. The summed E-state index contributed by atoms with van der Waals surface area (Å²) in [6, 6.07) is 5.02. The minimum Gasteiger partial charge on any atom is -0.346 e. The van der Waals surface area contributed by atoms with Crippen molar-refractivity contribution in [2.75, 3.05) is 13.1 Å². The minimum absolute atomic E-state index is 0. The number of pyridine rings is 1. The number of nitrogens with two attached hydrogens (primary N) is 1. The first-order valence-electron chi connectivity index (χ1n) is 6.68. The first kappa shape index (κ1) is 22.2. The predicted octanol–water partition coefficient (Wildman–Crippen LogP) is 2.05. The third kappa shape index (κ3) is 5.40. The van der Waals surface area contributed by atoms with Crippen LogP contribution in [0.15, 0.2) is 24.4 Å². The Morgan fingerprint density at radius 1 is 1.33 bits per heavy atom. The number of hydrogen-bond donors (Lipinski definition) is 2. The molecule has 0 saturated heterocycles. The highest BCUT2D eigenvalue weighted by Gasteiger charge is 2.27. The SMILES string of the molecule is Cc1cc(C)n(-c2ccc(C(=O)NCC(F)(F)CN)cn2)n1.Cl.Cl. The first-order valence-corrected chi connectivity index (χ1v) is 6.68. The highest BCUT2D eigenvalue weighted by Crippen LogP contribution is 2.11. The number of amides is 1. The Balaban J connectivity index is 0.00000264. The molecule has 0 bridgehead atoms. The van der Waals surface area contributed by atoms with Gasteiger partial charge >= 0.3 is 0 Å². The molecule has 10 heteroatoms. The molecule has 0 aromatic carbocycles. The molecule has 0 fully saturated rings. The van der Waals surface area contributed by atoms with E-state index >= 15 is 0 Å². The second-order valence-electron chi connectivity index (χ2n) is 4.99. The van der Waals surface area contributed by atoms with Gasteiger partial charge in [-0.3, -0.25) is 4.79 Å². The first-order chi connectivity index (χ1) is 10.3. The Morgan fingerprint density at radius 2 is 2.00 bits per heavy atom. The van der Waals surface area contributed by atoms with Crippen LogP contribution in [0.3, 0.4) is 0 Å². The van der Waals surface area contributed by atoms with Gasteiger partial charge in [-0.05, 0) is 32.0 Å². The van der Waals surface area contributed by atoms with Crippen molar-refractivity contribution in [2.24, 2.45) is 5.73 Å². The summed E-state index contributed by atoms with van der Waals surface area (Å²) in [4.78, 5) is 15.9. The summed E-state index contributed by atoms with van der Waals surface area (Å²) in [5.74, 6) is -3.19. The fourth-order valence-corrected chi connectivity index (χ4v) is 1.89. The molecule has 2 heterocycles. The smallest absolute Gasteiger partial charge is 0.277 e. The zero-order valence-corrected chi connectivity index (χ0v) is 14.8. The number of halogens is 4. The lowest BCUT2D eigenvalue weighted by Crippen LogP contribution is -2.41. The van der Waals surface area contributed by atoms with Gasteiger partial charge in [0.25, 0.3) is 11.8 Å². The van der Waals surface area contributed by atoms with Gasteiger partial charge in [0.05, 0.1) is 24.3 Å². The van der Waals surface area contributed by atoms with Gasteiger partial charge in [0.2, 0.25) is 0 Å². The summed E-state index contributed by atoms with van der Waals surface area (Å²) in [5, 5.41) is 6.41. The normalized spacial score (nSPS) is 10.5. The summed E-state index contributed by atoms with van der Waals surface area (Å²) in [7, 11) is 0. The molecule has 0 aliphatic rings. The Kier molecular flexibility index (Phi) is 8.25. The standard InChI is InChI=1S/C14H17F2N5O.2ClH/c1-9-5-10(2)21(20-9)12-4-3-11(6-18-12)13(22)19-8-14(15,16)7-17;;/h3-6H,7-8,17H2,1-2H3,(H,19,22);2*1H. The van der Waals surface area contributed by atoms with Crippen LogP contribution >= 0.6 is 24.8 Å². The topological polar surface area (TPSA) is 85.8 Å². The molecule has 134 valence electrons. The largest absolute Gasteiger partial charge is 0.346 e. The highest BCUT2D eigenvalue weighted by atomic mass is 35.5. The zero-order chi connectivity index (χ0) is 16.3. The lowest BCUT2D eigenvalue weighted by Gasteiger charge is -2.14. The van der Waals surface area contributed by atoms with Gasteiger partial charge in [-0.25, -0.2) is 18.4 Å². The number of carbonyl (C=O) groups excluding carboxylic acids is 1. The molecular formula is C14H19Cl2F2N5O. The fraction of sp³-hybridized carbons (Fsp3) is 0.357. The number of aryl methyl sites for hydroxylation is 2. The zero-order valence-electron chi connectivity index (χ0n) is 13.1. The van der Waals surface area contributed by atoms with E-state index in [2.05, 4.69) is 15.4 Å². The molecule has 0 aliphatic heterocycles. The number of nitrogens with zero attached hydrogens (tertiary/aromatic N) is 3. The molecule has 0 atom stereocenters. The van der Waals surface area contributed by atoms with Crippen LogP contribution in [0.25, 0.3) is 5.82 Å². The van der Waals surface area contributed by atoms with Crippen LogP contribution in [0.1, 0.15) is 21.7 Å². The maximum absolute atomic E-state index is 13.0. The van der Waals surface area contributed by atoms with E-state index in [4.69, 9.17) is 5.73 Å². The lowest BCUT2D eigenvalue weighted by atomic mass is 10.2. The minimum atomic E-state index is -3.12. The molecule has 6 nitrogen and oxygen atoms in total. The molecule has 0 unspecified atom stereocenters. The van der Waals surface area contributed by atoms with E-state index in [9.17, 15) is 13.6 Å². The average molecular weight is 382 g/mol. The molecule has 1 amide bonds. The van der Waals surface area contributed by atoms with Crippen molar-refractivity contribution in [3.05, 3.63) is 41.3 Å². The molecule has 2 aromatic rings. The molecule has 24 heavy (non-hydrogen) atoms. The molecular weight excluding hydrogens is 363 g/mol. The molecule has 3 N–H and O–H groups in total. The van der Waals surface area contributed by atoms with Crippen molar-refractivity contribution in [1.82, 2.24) is 20.1 Å². The lowest BCUT2D eigenvalue weighted by molar-refractivity contribution is 0.0118. The quantitative estimate of drug-likeness (QED) is 0.829. The van der Waals surface area contributed by atoms with Crippen LogP contribution in [0, 0.1) is 13.8 Å². The van der Waals surface area contributed by atoms with E-state index in [1.807, 2.05) is 19.9 Å². The van der Waals surface area contributed by atoms with Gasteiger partial charge in [-0.15, -0.1) is 24.8 Å². The van der Waals surface area contributed by atoms with E-state index in [0.29, 0.717) is 5.82 Å². The van der Waals surface area contributed by atoms with E-state index in [1.54, 1.807) is 10.7 Å². The Morgan fingerprint density at radius 3 is 2.46 bits per heavy atom. The second-order valence-corrected chi connectivity index (χ2v) is 4.99. The van der Waals surface area contributed by atoms with Gasteiger partial charge in [0.15, 0.2) is 5.82 Å². The molecule has 0 aliphatic carbocycles. The second kappa shape index (κ2) is 8.91. The Bertz CT molecular complexity index is 676. The van der Waals surface area contributed by atoms with Gasteiger partial charge < -0.3 is 11.1 Å². The van der Waals surface area contributed by atoms with Crippen molar-refractivity contribution >= 4 is 30.7 Å². The van der Waals surface area contributed by atoms with E-state index < -0.39 is 24.9 Å². The summed E-state index contributed by atoms with van der Waals surface area (Å²) < 4.78 is 27.6. The summed E-state index contributed by atoms with van der Waals surface area (Å²) in [5.41, 5.74) is 6.86. The monoisotopic (exact) mass is 381 g/mol. The Labute approximate surface area is 150 Å². The summed E-state index contributed by atoms with van der Waals surface area (Å²) >= 11 is 0. The van der Waals surface area contributed by atoms with Crippen LogP contribution in [-0.4, -0.2) is 39.7 Å². The van der Waals surface area contributed by atoms with Crippen molar-refractivity contribution in [2.45, 2.75) is 19.8 Å². The van der Waals surface area contributed by atoms with Crippen LogP contribution in [0.4, 0.5) is 8.78 Å². The van der Waals surface area contributed by atoms with Gasteiger partial charge in [0, 0.05) is 11.9 Å². The maximum atomic E-state index is 13.0. The molecule has 2 aromatic heterocycles. The third-order valence-electron chi connectivity index (χ3n) is 3.04. The molecule has 2 rings (SSSR count). The van der Waals surface area contributed by atoms with Crippen LogP contribution in [0.2, 0.25) is 0 Å². The summed E-state index contributed by atoms with van der Waals surface area (Å²) in [6.07, 6.45) is 1.32. The van der Waals surface area contributed by atoms with Gasteiger partial charge in [-0.2, -0.15) is 5.10 Å². The number of nitrogens with one attached hydrogen (secondary N) is 1. The molecule has 0 radical (unpaired) electrons.